The van der Waals surface area contributed by atoms with Crippen LogP contribution < -0.4 is 9.47 Å². The summed E-state index contributed by atoms with van der Waals surface area (Å²) in [5.74, 6) is 0.883. The summed E-state index contributed by atoms with van der Waals surface area (Å²) < 4.78 is 15.7. The third-order valence-corrected chi connectivity index (χ3v) is 3.93. The van der Waals surface area contributed by atoms with Crippen molar-refractivity contribution in [3.8, 4) is 11.5 Å². The molecule has 0 spiro atoms. The van der Waals surface area contributed by atoms with Crippen LogP contribution in [0.4, 0.5) is 0 Å². The van der Waals surface area contributed by atoms with E-state index in [0.29, 0.717) is 22.8 Å². The van der Waals surface area contributed by atoms with Crippen LogP contribution >= 0.6 is 11.3 Å². The number of thiazole rings is 1. The van der Waals surface area contributed by atoms with E-state index in [1.807, 2.05) is 12.3 Å². The van der Waals surface area contributed by atoms with Gasteiger partial charge in [0.1, 0.15) is 11.5 Å². The molecule has 118 valence electrons. The summed E-state index contributed by atoms with van der Waals surface area (Å²) in [6, 6.07) is 5.19. The maximum absolute atomic E-state index is 12.0. The summed E-state index contributed by atoms with van der Waals surface area (Å²) in [5.41, 5.74) is 1.51. The number of cyclic esters (lactones) is 1. The van der Waals surface area contributed by atoms with Gasteiger partial charge in [0.25, 0.3) is 0 Å². The molecule has 0 fully saturated rings. The summed E-state index contributed by atoms with van der Waals surface area (Å²) in [5, 5.41) is 2.78. The molecule has 3 rings (SSSR count). The van der Waals surface area contributed by atoms with Gasteiger partial charge in [0.2, 0.25) is 5.90 Å². The van der Waals surface area contributed by atoms with E-state index in [-0.39, 0.29) is 11.6 Å². The first kappa shape index (κ1) is 15.2. The van der Waals surface area contributed by atoms with Crippen LogP contribution in [0.25, 0.3) is 6.08 Å². The molecule has 0 atom stereocenters. The number of nitrogens with zero attached hydrogens (tertiary/aromatic N) is 2. The Balaban J connectivity index is 1.96. The topological polar surface area (TPSA) is 70.0 Å². The molecule has 1 aliphatic heterocycles. The molecule has 1 aromatic carbocycles. The summed E-state index contributed by atoms with van der Waals surface area (Å²) >= 11 is 1.51. The molecule has 0 saturated heterocycles. The largest absolute Gasteiger partial charge is 0.497 e. The molecule has 0 saturated carbocycles. The van der Waals surface area contributed by atoms with Crippen LogP contribution in [-0.2, 0) is 9.53 Å². The number of methoxy groups -OCH3 is 2. The molecular weight excluding hydrogens is 316 g/mol. The number of rotatable bonds is 4. The van der Waals surface area contributed by atoms with Gasteiger partial charge < -0.3 is 14.2 Å². The molecule has 2 aromatic rings. The highest BCUT2D eigenvalue weighted by Crippen LogP contribution is 2.26. The smallest absolute Gasteiger partial charge is 0.363 e. The maximum atomic E-state index is 12.0. The molecule has 0 bridgehead atoms. The van der Waals surface area contributed by atoms with Crippen molar-refractivity contribution in [3.05, 3.63) is 45.5 Å². The van der Waals surface area contributed by atoms with Gasteiger partial charge in [-0.1, -0.05) is 0 Å². The Morgan fingerprint density at radius 1 is 1.17 bits per heavy atom. The number of aryl methyl sites for hydroxylation is 1. The number of esters is 1. The molecule has 0 radical (unpaired) electrons. The van der Waals surface area contributed by atoms with Crippen LogP contribution in [0.1, 0.15) is 16.3 Å². The van der Waals surface area contributed by atoms with E-state index in [1.54, 1.807) is 38.5 Å². The molecule has 2 heterocycles. The molecule has 0 unspecified atom stereocenters. The minimum Gasteiger partial charge on any atom is -0.497 e. The van der Waals surface area contributed by atoms with Crippen LogP contribution in [0.2, 0.25) is 0 Å². The van der Waals surface area contributed by atoms with Gasteiger partial charge in [-0.2, -0.15) is 0 Å². The average Bonchev–Trinajstić information content (AvgIpc) is 3.13. The predicted octanol–water partition coefficient (Wildman–Crippen LogP) is 2.81. The van der Waals surface area contributed by atoms with Crippen molar-refractivity contribution >= 4 is 29.3 Å². The lowest BCUT2D eigenvalue weighted by atomic mass is 10.2. The number of aromatic nitrogens is 1. The molecule has 6 nitrogen and oxygen atoms in total. The second kappa shape index (κ2) is 6.21. The van der Waals surface area contributed by atoms with Gasteiger partial charge >= 0.3 is 5.97 Å². The fraction of sp³-hybridized carbons (Fsp3) is 0.188. The Morgan fingerprint density at radius 2 is 1.87 bits per heavy atom. The zero-order chi connectivity index (χ0) is 16.4. The highest BCUT2D eigenvalue weighted by Gasteiger charge is 2.25. The third kappa shape index (κ3) is 3.24. The summed E-state index contributed by atoms with van der Waals surface area (Å²) in [7, 11) is 3.11. The van der Waals surface area contributed by atoms with Gasteiger partial charge in [0.05, 0.1) is 24.9 Å². The van der Waals surface area contributed by atoms with Gasteiger partial charge in [-0.15, -0.1) is 11.3 Å². The summed E-state index contributed by atoms with van der Waals surface area (Å²) in [4.78, 5) is 20.5. The van der Waals surface area contributed by atoms with Gasteiger partial charge in [-0.3, -0.25) is 0 Å². The van der Waals surface area contributed by atoms with Gasteiger partial charge in [0, 0.05) is 17.0 Å². The minimum atomic E-state index is -0.507. The standard InChI is InChI=1S/C16H14N2O4S/c1-9-17-11(8-23-9)6-14-16(19)22-15(18-14)10-4-12(20-2)7-13(5-10)21-3/h4-8H,1-3H3/b14-6+. The Morgan fingerprint density at radius 3 is 2.43 bits per heavy atom. The highest BCUT2D eigenvalue weighted by molar-refractivity contribution is 7.09. The molecule has 23 heavy (non-hydrogen) atoms. The fourth-order valence-corrected chi connectivity index (χ4v) is 2.62. The Bertz CT molecular complexity index is 801. The number of benzene rings is 1. The molecule has 0 N–H and O–H groups in total. The third-order valence-electron chi connectivity index (χ3n) is 3.14. The van der Waals surface area contributed by atoms with Crippen molar-refractivity contribution in [2.24, 2.45) is 4.99 Å². The zero-order valence-corrected chi connectivity index (χ0v) is 13.6. The van der Waals surface area contributed by atoms with E-state index in [0.717, 1.165) is 5.01 Å². The van der Waals surface area contributed by atoms with Crippen molar-refractivity contribution in [2.75, 3.05) is 14.2 Å². The molecule has 1 aromatic heterocycles. The summed E-state index contributed by atoms with van der Waals surface area (Å²) in [6.07, 6.45) is 1.61. The monoisotopic (exact) mass is 330 g/mol. The number of aliphatic imine (C=N–C) groups is 1. The first-order chi connectivity index (χ1) is 11.1. The van der Waals surface area contributed by atoms with Crippen molar-refractivity contribution in [1.29, 1.82) is 0 Å². The lowest BCUT2D eigenvalue weighted by molar-refractivity contribution is -0.129. The fourth-order valence-electron chi connectivity index (χ4n) is 2.05. The average molecular weight is 330 g/mol. The van der Waals surface area contributed by atoms with Crippen LogP contribution in [0.3, 0.4) is 0 Å². The number of carbonyl (C=O) groups is 1. The quantitative estimate of drug-likeness (QED) is 0.637. The van der Waals surface area contributed by atoms with Crippen molar-refractivity contribution in [2.45, 2.75) is 6.92 Å². The second-order valence-electron chi connectivity index (χ2n) is 4.73. The van der Waals surface area contributed by atoms with E-state index in [4.69, 9.17) is 14.2 Å². The predicted molar refractivity (Wildman–Crippen MR) is 87.0 cm³/mol. The normalized spacial score (nSPS) is 15.5. The lowest BCUT2D eigenvalue weighted by Gasteiger charge is -2.07. The highest BCUT2D eigenvalue weighted by atomic mass is 32.1. The van der Waals surface area contributed by atoms with Crippen LogP contribution in [0.15, 0.2) is 34.3 Å². The first-order valence-corrected chi connectivity index (χ1v) is 7.65. The summed E-state index contributed by atoms with van der Waals surface area (Å²) in [6.45, 7) is 1.90. The number of hydrogen-bond donors (Lipinski definition) is 0. The Labute approximate surface area is 137 Å². The first-order valence-electron chi connectivity index (χ1n) is 6.77. The minimum absolute atomic E-state index is 0.213. The van der Waals surface area contributed by atoms with E-state index in [9.17, 15) is 4.79 Å². The second-order valence-corrected chi connectivity index (χ2v) is 5.79. The van der Waals surface area contributed by atoms with Gasteiger partial charge in [0.15, 0.2) is 5.70 Å². The van der Waals surface area contributed by atoms with Gasteiger partial charge in [-0.05, 0) is 25.1 Å². The van der Waals surface area contributed by atoms with Crippen LogP contribution in [-0.4, -0.2) is 31.1 Å². The van der Waals surface area contributed by atoms with E-state index in [1.165, 1.54) is 11.3 Å². The number of hydrogen-bond acceptors (Lipinski definition) is 7. The van der Waals surface area contributed by atoms with E-state index < -0.39 is 5.97 Å². The molecule has 1 aliphatic rings. The van der Waals surface area contributed by atoms with Crippen LogP contribution in [0.5, 0.6) is 11.5 Å². The van der Waals surface area contributed by atoms with Crippen LogP contribution in [0, 0.1) is 6.92 Å². The SMILES string of the molecule is COc1cc(OC)cc(C2=N/C(=C/c3csc(C)n3)C(=O)O2)c1. The molecular formula is C16H14N2O4S. The van der Waals surface area contributed by atoms with Crippen molar-refractivity contribution in [1.82, 2.24) is 4.98 Å². The Kier molecular flexibility index (Phi) is 4.12. The lowest BCUT2D eigenvalue weighted by Crippen LogP contribution is -2.06. The zero-order valence-electron chi connectivity index (χ0n) is 12.8. The maximum Gasteiger partial charge on any atom is 0.363 e. The molecule has 7 heteroatoms. The number of ether oxygens (including phenoxy) is 3. The van der Waals surface area contributed by atoms with Gasteiger partial charge in [-0.25, -0.2) is 14.8 Å². The van der Waals surface area contributed by atoms with E-state index >= 15 is 0 Å². The van der Waals surface area contributed by atoms with Crippen molar-refractivity contribution < 1.29 is 19.0 Å². The van der Waals surface area contributed by atoms with E-state index in [2.05, 4.69) is 9.98 Å². The molecule has 0 amide bonds. The molecule has 0 aliphatic carbocycles. The number of carbonyl (C=O) groups excluding carboxylic acids is 1. The Hall–Kier alpha value is -2.67. The van der Waals surface area contributed by atoms with Crippen molar-refractivity contribution in [3.63, 3.8) is 0 Å².